The number of anilines is 1. The van der Waals surface area contributed by atoms with Crippen molar-refractivity contribution in [3.8, 4) is 0 Å². The summed E-state index contributed by atoms with van der Waals surface area (Å²) >= 11 is 1.74. The highest BCUT2D eigenvalue weighted by Crippen LogP contribution is 2.24. The number of rotatable bonds is 3. The van der Waals surface area contributed by atoms with Gasteiger partial charge in [0.25, 0.3) is 0 Å². The van der Waals surface area contributed by atoms with Crippen LogP contribution in [0.2, 0.25) is 0 Å². The maximum Gasteiger partial charge on any atom is 0.0349 e. The first-order valence-corrected chi connectivity index (χ1v) is 5.02. The molecule has 0 unspecified atom stereocenters. The molecule has 1 aromatic rings. The van der Waals surface area contributed by atoms with Gasteiger partial charge in [0.15, 0.2) is 0 Å². The summed E-state index contributed by atoms with van der Waals surface area (Å²) in [4.78, 5) is 1.26. The van der Waals surface area contributed by atoms with Crippen molar-refractivity contribution >= 4 is 23.5 Å². The molecule has 0 fully saturated rings. The first kappa shape index (κ1) is 9.20. The molecular formula is C10H13NS. The van der Waals surface area contributed by atoms with E-state index < -0.39 is 0 Å². The Labute approximate surface area is 77.9 Å². The van der Waals surface area contributed by atoms with Crippen LogP contribution in [0, 0.1) is 0 Å². The molecule has 0 aliphatic carbocycles. The van der Waals surface area contributed by atoms with Crippen LogP contribution >= 0.6 is 11.8 Å². The van der Waals surface area contributed by atoms with E-state index in [0.29, 0.717) is 0 Å². The number of benzene rings is 1. The average molecular weight is 179 g/mol. The second-order valence-corrected chi connectivity index (χ2v) is 3.26. The molecule has 12 heavy (non-hydrogen) atoms. The zero-order valence-corrected chi connectivity index (χ0v) is 8.24. The van der Waals surface area contributed by atoms with Crippen LogP contribution in [0.1, 0.15) is 5.56 Å². The minimum absolute atomic E-state index is 1.14. The predicted molar refractivity (Wildman–Crippen MR) is 57.9 cm³/mol. The normalized spacial score (nSPS) is 9.50. The standard InChI is InChI=1S/C10H13NS/c1-4-8-5-6-9(11-2)7-10(8)12-3/h4-7,11H,1H2,2-3H3. The van der Waals surface area contributed by atoms with Crippen LogP contribution in [-0.2, 0) is 0 Å². The molecule has 0 amide bonds. The van der Waals surface area contributed by atoms with Crippen LogP contribution < -0.4 is 5.32 Å². The zero-order chi connectivity index (χ0) is 8.97. The third-order valence-electron chi connectivity index (χ3n) is 1.74. The molecule has 0 aliphatic rings. The number of hydrogen-bond donors (Lipinski definition) is 1. The van der Waals surface area contributed by atoms with Crippen molar-refractivity contribution in [2.45, 2.75) is 4.90 Å². The van der Waals surface area contributed by atoms with Crippen LogP contribution in [0.25, 0.3) is 6.08 Å². The van der Waals surface area contributed by atoms with E-state index in [-0.39, 0.29) is 0 Å². The Morgan fingerprint density at radius 1 is 1.50 bits per heavy atom. The summed E-state index contributed by atoms with van der Waals surface area (Å²) in [5, 5.41) is 3.11. The molecule has 1 aromatic carbocycles. The molecule has 64 valence electrons. The Balaban J connectivity index is 3.10. The monoisotopic (exact) mass is 179 g/mol. The highest BCUT2D eigenvalue weighted by molar-refractivity contribution is 7.98. The molecule has 0 saturated carbocycles. The summed E-state index contributed by atoms with van der Waals surface area (Å²) < 4.78 is 0. The summed E-state index contributed by atoms with van der Waals surface area (Å²) in [6.07, 6.45) is 3.95. The van der Waals surface area contributed by atoms with Crippen LogP contribution in [-0.4, -0.2) is 13.3 Å². The third kappa shape index (κ3) is 1.83. The van der Waals surface area contributed by atoms with Gasteiger partial charge in [-0.2, -0.15) is 0 Å². The SMILES string of the molecule is C=Cc1ccc(NC)cc1SC. The van der Waals surface area contributed by atoms with Gasteiger partial charge in [0.2, 0.25) is 0 Å². The molecule has 0 spiro atoms. The lowest BCUT2D eigenvalue weighted by Crippen LogP contribution is -1.88. The van der Waals surface area contributed by atoms with Crippen molar-refractivity contribution in [1.29, 1.82) is 0 Å². The molecule has 0 atom stereocenters. The fraction of sp³-hybridized carbons (Fsp3) is 0.200. The summed E-state index contributed by atoms with van der Waals surface area (Å²) in [7, 11) is 1.92. The first-order valence-electron chi connectivity index (χ1n) is 3.80. The van der Waals surface area contributed by atoms with E-state index in [9.17, 15) is 0 Å². The minimum atomic E-state index is 1.14. The average Bonchev–Trinajstić information content (AvgIpc) is 2.16. The van der Waals surface area contributed by atoms with Gasteiger partial charge in [0, 0.05) is 17.6 Å². The van der Waals surface area contributed by atoms with Gasteiger partial charge < -0.3 is 5.32 Å². The Hall–Kier alpha value is -0.890. The molecular weight excluding hydrogens is 166 g/mol. The van der Waals surface area contributed by atoms with E-state index in [1.807, 2.05) is 13.1 Å². The second kappa shape index (κ2) is 4.21. The quantitative estimate of drug-likeness (QED) is 0.716. The van der Waals surface area contributed by atoms with Crippen LogP contribution in [0.4, 0.5) is 5.69 Å². The summed E-state index contributed by atoms with van der Waals surface area (Å²) in [5.74, 6) is 0. The van der Waals surface area contributed by atoms with E-state index in [1.165, 1.54) is 10.5 Å². The molecule has 2 heteroatoms. The van der Waals surface area contributed by atoms with Crippen molar-refractivity contribution in [1.82, 2.24) is 0 Å². The highest BCUT2D eigenvalue weighted by Gasteiger charge is 1.97. The lowest BCUT2D eigenvalue weighted by Gasteiger charge is -2.05. The molecule has 1 rings (SSSR count). The van der Waals surface area contributed by atoms with E-state index >= 15 is 0 Å². The van der Waals surface area contributed by atoms with Gasteiger partial charge in [-0.15, -0.1) is 11.8 Å². The molecule has 0 aromatic heterocycles. The molecule has 0 heterocycles. The van der Waals surface area contributed by atoms with Gasteiger partial charge >= 0.3 is 0 Å². The predicted octanol–water partition coefficient (Wildman–Crippen LogP) is 3.09. The van der Waals surface area contributed by atoms with Gasteiger partial charge in [-0.05, 0) is 24.0 Å². The number of hydrogen-bond acceptors (Lipinski definition) is 2. The first-order chi connectivity index (χ1) is 5.81. The number of nitrogens with one attached hydrogen (secondary N) is 1. The van der Waals surface area contributed by atoms with Crippen LogP contribution in [0.15, 0.2) is 29.7 Å². The van der Waals surface area contributed by atoms with Gasteiger partial charge in [-0.25, -0.2) is 0 Å². The molecule has 0 bridgehead atoms. The van der Waals surface area contributed by atoms with E-state index in [4.69, 9.17) is 0 Å². The molecule has 0 saturated heterocycles. The third-order valence-corrected chi connectivity index (χ3v) is 2.54. The summed E-state index contributed by atoms with van der Waals surface area (Å²) in [5.41, 5.74) is 2.34. The fourth-order valence-corrected chi connectivity index (χ4v) is 1.67. The van der Waals surface area contributed by atoms with E-state index in [0.717, 1.165) is 5.69 Å². The Morgan fingerprint density at radius 3 is 2.75 bits per heavy atom. The molecule has 1 N–H and O–H groups in total. The molecule has 0 aliphatic heterocycles. The Morgan fingerprint density at radius 2 is 2.25 bits per heavy atom. The van der Waals surface area contributed by atoms with Gasteiger partial charge in [-0.3, -0.25) is 0 Å². The fourth-order valence-electron chi connectivity index (χ4n) is 1.04. The second-order valence-electron chi connectivity index (χ2n) is 2.41. The highest BCUT2D eigenvalue weighted by atomic mass is 32.2. The van der Waals surface area contributed by atoms with E-state index in [1.54, 1.807) is 11.8 Å². The number of thioether (sulfide) groups is 1. The zero-order valence-electron chi connectivity index (χ0n) is 7.42. The van der Waals surface area contributed by atoms with Crippen molar-refractivity contribution < 1.29 is 0 Å². The minimum Gasteiger partial charge on any atom is -0.388 e. The lowest BCUT2D eigenvalue weighted by molar-refractivity contribution is 1.39. The lowest BCUT2D eigenvalue weighted by atomic mass is 10.2. The van der Waals surface area contributed by atoms with Crippen molar-refractivity contribution in [3.05, 3.63) is 30.3 Å². The largest absolute Gasteiger partial charge is 0.388 e. The molecule has 0 radical (unpaired) electrons. The Kier molecular flexibility index (Phi) is 3.23. The van der Waals surface area contributed by atoms with E-state index in [2.05, 4.69) is 36.4 Å². The van der Waals surface area contributed by atoms with Gasteiger partial charge in [0.05, 0.1) is 0 Å². The summed E-state index contributed by atoms with van der Waals surface area (Å²) in [6.45, 7) is 3.76. The topological polar surface area (TPSA) is 12.0 Å². The Bertz CT molecular complexity index is 281. The smallest absolute Gasteiger partial charge is 0.0349 e. The van der Waals surface area contributed by atoms with Crippen LogP contribution in [0.3, 0.4) is 0 Å². The maximum absolute atomic E-state index is 3.76. The summed E-state index contributed by atoms with van der Waals surface area (Å²) in [6, 6.07) is 6.25. The van der Waals surface area contributed by atoms with Gasteiger partial charge in [0.1, 0.15) is 0 Å². The van der Waals surface area contributed by atoms with Crippen molar-refractivity contribution in [2.75, 3.05) is 18.6 Å². The van der Waals surface area contributed by atoms with Crippen molar-refractivity contribution in [2.24, 2.45) is 0 Å². The molecule has 1 nitrogen and oxygen atoms in total. The van der Waals surface area contributed by atoms with Crippen LogP contribution in [0.5, 0.6) is 0 Å². The maximum atomic E-state index is 3.76. The van der Waals surface area contributed by atoms with Gasteiger partial charge in [-0.1, -0.05) is 18.7 Å². The van der Waals surface area contributed by atoms with Crippen molar-refractivity contribution in [3.63, 3.8) is 0 Å².